The predicted molar refractivity (Wildman–Crippen MR) is 90.9 cm³/mol. The van der Waals surface area contributed by atoms with Crippen LogP contribution in [0.1, 0.15) is 25.3 Å². The van der Waals surface area contributed by atoms with E-state index in [0.29, 0.717) is 17.2 Å². The molecule has 0 saturated carbocycles. The molecule has 1 aromatic rings. The van der Waals surface area contributed by atoms with Gasteiger partial charge in [0.2, 0.25) is 11.8 Å². The summed E-state index contributed by atoms with van der Waals surface area (Å²) in [5, 5.41) is 8.03. The molecule has 1 aliphatic heterocycles. The Morgan fingerprint density at radius 3 is 2.83 bits per heavy atom. The van der Waals surface area contributed by atoms with E-state index in [0.717, 1.165) is 5.56 Å². The van der Waals surface area contributed by atoms with Gasteiger partial charge in [-0.15, -0.1) is 0 Å². The highest BCUT2D eigenvalue weighted by atomic mass is 35.5. The molecule has 0 spiro atoms. The third-order valence-electron chi connectivity index (χ3n) is 3.30. The van der Waals surface area contributed by atoms with Crippen molar-refractivity contribution < 1.29 is 9.59 Å². The summed E-state index contributed by atoms with van der Waals surface area (Å²) < 4.78 is 0. The van der Waals surface area contributed by atoms with Crippen LogP contribution in [-0.2, 0) is 9.59 Å². The molecule has 0 radical (unpaired) electrons. The van der Waals surface area contributed by atoms with Crippen molar-refractivity contribution in [1.29, 1.82) is 0 Å². The summed E-state index contributed by atoms with van der Waals surface area (Å²) in [7, 11) is 0. The van der Waals surface area contributed by atoms with Gasteiger partial charge in [-0.25, -0.2) is 10.9 Å². The molecule has 1 heterocycles. The van der Waals surface area contributed by atoms with Crippen LogP contribution in [-0.4, -0.2) is 23.7 Å². The Morgan fingerprint density at radius 1 is 1.43 bits per heavy atom. The number of amides is 2. The number of hydrogen-bond acceptors (Lipinski definition) is 4. The van der Waals surface area contributed by atoms with Crippen molar-refractivity contribution in [3.63, 3.8) is 0 Å². The minimum Gasteiger partial charge on any atom is -0.273 e. The highest BCUT2D eigenvalue weighted by molar-refractivity contribution is 6.41. The molecule has 1 atom stereocenters. The Kier molecular flexibility index (Phi) is 6.05. The fourth-order valence-corrected chi connectivity index (χ4v) is 2.25. The maximum atomic E-state index is 11.7. The molecule has 2 rings (SSSR count). The number of halogens is 1. The van der Waals surface area contributed by atoms with Crippen molar-refractivity contribution in [3.8, 4) is 0 Å². The van der Waals surface area contributed by atoms with Gasteiger partial charge in [0, 0.05) is 12.1 Å². The average Bonchev–Trinajstić information content (AvgIpc) is 2.85. The number of hydrazone groups is 2. The Hall–Kier alpha value is -2.47. The Morgan fingerprint density at radius 2 is 2.17 bits per heavy atom. The molecule has 23 heavy (non-hydrogen) atoms. The lowest BCUT2D eigenvalue weighted by atomic mass is 9.99. The van der Waals surface area contributed by atoms with Crippen molar-refractivity contribution in [2.45, 2.75) is 19.8 Å². The van der Waals surface area contributed by atoms with E-state index in [-0.39, 0.29) is 24.2 Å². The van der Waals surface area contributed by atoms with E-state index >= 15 is 0 Å². The van der Waals surface area contributed by atoms with Gasteiger partial charge < -0.3 is 0 Å². The van der Waals surface area contributed by atoms with E-state index in [1.54, 1.807) is 13.0 Å². The quantitative estimate of drug-likeness (QED) is 0.618. The van der Waals surface area contributed by atoms with Crippen LogP contribution in [0, 0.1) is 5.92 Å². The number of rotatable bonds is 6. The van der Waals surface area contributed by atoms with E-state index in [1.807, 2.05) is 30.3 Å². The molecule has 7 heteroatoms. The maximum Gasteiger partial charge on any atom is 0.248 e. The largest absolute Gasteiger partial charge is 0.273 e. The first-order valence-electron chi connectivity index (χ1n) is 7.14. The number of hydrogen-bond donors (Lipinski definition) is 2. The summed E-state index contributed by atoms with van der Waals surface area (Å²) in [4.78, 5) is 23.2. The molecule has 2 N–H and O–H groups in total. The smallest absolute Gasteiger partial charge is 0.248 e. The Labute approximate surface area is 139 Å². The van der Waals surface area contributed by atoms with Crippen LogP contribution in [0.4, 0.5) is 0 Å². The lowest BCUT2D eigenvalue weighted by Gasteiger charge is -2.06. The molecule has 1 aliphatic rings. The zero-order valence-corrected chi connectivity index (χ0v) is 13.4. The predicted octanol–water partition coefficient (Wildman–Crippen LogP) is 2.27. The number of carbonyl (C=O) groups is 2. The molecule has 2 amide bonds. The van der Waals surface area contributed by atoms with Crippen molar-refractivity contribution >= 4 is 41.4 Å². The van der Waals surface area contributed by atoms with Crippen molar-refractivity contribution in [1.82, 2.24) is 10.9 Å². The molecular formula is C16H17ClN4O2. The summed E-state index contributed by atoms with van der Waals surface area (Å²) in [6, 6.07) is 9.53. The normalized spacial score (nSPS) is 18.0. The minimum absolute atomic E-state index is 0.173. The first kappa shape index (κ1) is 16.9. The van der Waals surface area contributed by atoms with Crippen LogP contribution in [0.25, 0.3) is 6.08 Å². The summed E-state index contributed by atoms with van der Waals surface area (Å²) in [6.45, 7) is 1.76. The van der Waals surface area contributed by atoms with Crippen LogP contribution in [0.2, 0.25) is 0 Å². The van der Waals surface area contributed by atoms with Gasteiger partial charge in [-0.05, 0) is 25.0 Å². The van der Waals surface area contributed by atoms with Gasteiger partial charge in [0.15, 0.2) is 0 Å². The number of carbonyl (C=O) groups excluding carboxylic acids is 2. The zero-order chi connectivity index (χ0) is 16.7. The SMILES string of the molecule is CC1=NNC(=O)[C@@H]1CCC(=O)N/N=C/C(Cl)=C/c1ccccc1. The second-order valence-electron chi connectivity index (χ2n) is 5.05. The van der Waals surface area contributed by atoms with Crippen LogP contribution in [0.15, 0.2) is 45.6 Å². The highest BCUT2D eigenvalue weighted by Crippen LogP contribution is 2.13. The molecular weight excluding hydrogens is 316 g/mol. The van der Waals surface area contributed by atoms with Gasteiger partial charge in [-0.1, -0.05) is 41.9 Å². The van der Waals surface area contributed by atoms with E-state index < -0.39 is 0 Å². The molecule has 6 nitrogen and oxygen atoms in total. The molecule has 0 saturated heterocycles. The van der Waals surface area contributed by atoms with E-state index in [4.69, 9.17) is 11.6 Å². The first-order chi connectivity index (χ1) is 11.1. The topological polar surface area (TPSA) is 82.9 Å². The van der Waals surface area contributed by atoms with Gasteiger partial charge >= 0.3 is 0 Å². The average molecular weight is 333 g/mol. The minimum atomic E-state index is -0.341. The fraction of sp³-hybridized carbons (Fsp3) is 0.250. The molecule has 0 aliphatic carbocycles. The highest BCUT2D eigenvalue weighted by Gasteiger charge is 2.26. The monoisotopic (exact) mass is 332 g/mol. The number of allylic oxidation sites excluding steroid dienone is 1. The van der Waals surface area contributed by atoms with Gasteiger partial charge in [-0.2, -0.15) is 10.2 Å². The second-order valence-corrected chi connectivity index (χ2v) is 5.49. The lowest BCUT2D eigenvalue weighted by Crippen LogP contribution is -2.25. The van der Waals surface area contributed by atoms with Crippen molar-refractivity contribution in [2.75, 3.05) is 0 Å². The molecule has 0 fully saturated rings. The standard InChI is InChI=1S/C16H17ClN4O2/c1-11-14(16(23)21-19-11)7-8-15(22)20-18-10-13(17)9-12-5-3-2-4-6-12/h2-6,9-10,14H,7-8H2,1H3,(H,20,22)(H,21,23)/b13-9-,18-10+/t14-/m1/s1. The summed E-state index contributed by atoms with van der Waals surface area (Å²) in [5.41, 5.74) is 6.41. The van der Waals surface area contributed by atoms with Gasteiger partial charge in [-0.3, -0.25) is 9.59 Å². The second kappa shape index (κ2) is 8.24. The van der Waals surface area contributed by atoms with Crippen LogP contribution in [0.5, 0.6) is 0 Å². The van der Waals surface area contributed by atoms with E-state index in [9.17, 15) is 9.59 Å². The number of nitrogens with one attached hydrogen (secondary N) is 2. The molecule has 0 aromatic heterocycles. The molecule has 1 aromatic carbocycles. The maximum absolute atomic E-state index is 11.7. The molecule has 0 bridgehead atoms. The third kappa shape index (κ3) is 5.34. The molecule has 0 unspecified atom stereocenters. The van der Waals surface area contributed by atoms with Gasteiger partial charge in [0.05, 0.1) is 17.2 Å². The van der Waals surface area contributed by atoms with Gasteiger partial charge in [0.1, 0.15) is 0 Å². The van der Waals surface area contributed by atoms with Crippen molar-refractivity contribution in [3.05, 3.63) is 40.9 Å². The first-order valence-corrected chi connectivity index (χ1v) is 7.52. The molecule has 120 valence electrons. The summed E-state index contributed by atoms with van der Waals surface area (Å²) in [5.74, 6) is -0.795. The number of benzene rings is 1. The zero-order valence-electron chi connectivity index (χ0n) is 12.6. The summed E-state index contributed by atoms with van der Waals surface area (Å²) >= 11 is 6.01. The van der Waals surface area contributed by atoms with E-state index in [1.165, 1.54) is 6.21 Å². The third-order valence-corrected chi connectivity index (χ3v) is 3.51. The van der Waals surface area contributed by atoms with Crippen LogP contribution >= 0.6 is 11.6 Å². The Balaban J connectivity index is 1.77. The van der Waals surface area contributed by atoms with Crippen molar-refractivity contribution in [2.24, 2.45) is 16.1 Å². The van der Waals surface area contributed by atoms with Crippen LogP contribution in [0.3, 0.4) is 0 Å². The van der Waals surface area contributed by atoms with E-state index in [2.05, 4.69) is 21.1 Å². The fourth-order valence-electron chi connectivity index (χ4n) is 2.07. The van der Waals surface area contributed by atoms with Gasteiger partial charge in [0.25, 0.3) is 0 Å². The summed E-state index contributed by atoms with van der Waals surface area (Å²) in [6.07, 6.45) is 3.68. The Bertz CT molecular complexity index is 668. The lowest BCUT2D eigenvalue weighted by molar-refractivity contribution is -0.123. The number of nitrogens with zero attached hydrogens (tertiary/aromatic N) is 2. The van der Waals surface area contributed by atoms with Crippen LogP contribution < -0.4 is 10.9 Å².